The molecular formula is C23H22N2O3. The van der Waals surface area contributed by atoms with E-state index in [0.717, 1.165) is 22.6 Å². The minimum Gasteiger partial charge on any atom is -0.498 e. The van der Waals surface area contributed by atoms with E-state index in [1.165, 1.54) is 4.90 Å². The van der Waals surface area contributed by atoms with Crippen LogP contribution in [0.1, 0.15) is 18.9 Å². The average Bonchev–Trinajstić information content (AvgIpc) is 3.15. The molecule has 0 bridgehead atoms. The Labute approximate surface area is 164 Å². The largest absolute Gasteiger partial charge is 0.498 e. The van der Waals surface area contributed by atoms with E-state index in [0.29, 0.717) is 18.7 Å². The smallest absolute Gasteiger partial charge is 0.240 e. The molecule has 28 heavy (non-hydrogen) atoms. The van der Waals surface area contributed by atoms with Gasteiger partial charge in [-0.2, -0.15) is 0 Å². The molecule has 2 heterocycles. The van der Waals surface area contributed by atoms with Crippen LogP contribution < -0.4 is 9.80 Å². The number of para-hydroxylation sites is 2. The lowest BCUT2D eigenvalue weighted by atomic mass is 9.75. The molecule has 2 aliphatic heterocycles. The maximum atomic E-state index is 13.5. The molecule has 0 unspecified atom stereocenters. The van der Waals surface area contributed by atoms with Crippen molar-refractivity contribution in [3.05, 3.63) is 65.9 Å². The lowest BCUT2D eigenvalue weighted by Gasteiger charge is -2.35. The summed E-state index contributed by atoms with van der Waals surface area (Å²) < 4.78 is 6.01. The van der Waals surface area contributed by atoms with Gasteiger partial charge in [-0.05, 0) is 25.1 Å². The van der Waals surface area contributed by atoms with Gasteiger partial charge in [0.2, 0.25) is 11.8 Å². The number of hydrogen-bond acceptors (Lipinski definition) is 4. The summed E-state index contributed by atoms with van der Waals surface area (Å²) in [5.74, 6) is -0.175. The molecule has 142 valence electrons. The number of carbonyl (C=O) groups is 2. The van der Waals surface area contributed by atoms with Crippen LogP contribution in [-0.4, -0.2) is 31.5 Å². The summed E-state index contributed by atoms with van der Waals surface area (Å²) in [6, 6.07) is 17.2. The highest BCUT2D eigenvalue weighted by atomic mass is 16.5. The maximum absolute atomic E-state index is 13.5. The van der Waals surface area contributed by atoms with Crippen LogP contribution in [0.25, 0.3) is 5.57 Å². The molecule has 2 aromatic rings. The highest BCUT2D eigenvalue weighted by Crippen LogP contribution is 2.53. The highest BCUT2D eigenvalue weighted by molar-refractivity contribution is 6.23. The van der Waals surface area contributed by atoms with Gasteiger partial charge in [-0.25, -0.2) is 4.90 Å². The van der Waals surface area contributed by atoms with E-state index in [2.05, 4.69) is 17.0 Å². The van der Waals surface area contributed by atoms with Crippen LogP contribution >= 0.6 is 0 Å². The van der Waals surface area contributed by atoms with Gasteiger partial charge in [0, 0.05) is 30.3 Å². The van der Waals surface area contributed by atoms with E-state index in [-0.39, 0.29) is 23.8 Å². The number of carbonyl (C=O) groups excluding carboxylic acids is 2. The second-order valence-electron chi connectivity index (χ2n) is 7.53. The van der Waals surface area contributed by atoms with Gasteiger partial charge in [0.15, 0.2) is 0 Å². The monoisotopic (exact) mass is 374 g/mol. The van der Waals surface area contributed by atoms with Crippen LogP contribution in [0.5, 0.6) is 0 Å². The van der Waals surface area contributed by atoms with Crippen molar-refractivity contribution in [2.75, 3.05) is 23.5 Å². The number of anilines is 2. The van der Waals surface area contributed by atoms with E-state index in [1.807, 2.05) is 56.4 Å². The zero-order chi connectivity index (χ0) is 19.4. The Bertz CT molecular complexity index is 998. The number of benzene rings is 2. The van der Waals surface area contributed by atoms with E-state index in [4.69, 9.17) is 4.74 Å². The predicted octanol–water partition coefficient (Wildman–Crippen LogP) is 3.46. The molecule has 0 N–H and O–H groups in total. The molecule has 3 aliphatic rings. The van der Waals surface area contributed by atoms with E-state index in [9.17, 15) is 9.59 Å². The molecule has 0 aromatic heterocycles. The van der Waals surface area contributed by atoms with Gasteiger partial charge < -0.3 is 9.64 Å². The fourth-order valence-electron chi connectivity index (χ4n) is 5.02. The molecule has 3 atom stereocenters. The fourth-order valence-corrected chi connectivity index (χ4v) is 5.02. The van der Waals surface area contributed by atoms with Gasteiger partial charge in [-0.15, -0.1) is 0 Å². The third-order valence-electron chi connectivity index (χ3n) is 6.14. The van der Waals surface area contributed by atoms with Gasteiger partial charge in [0.1, 0.15) is 5.76 Å². The number of likely N-dealkylation sites (N-methyl/N-ethyl adjacent to an activating group) is 1. The number of allylic oxidation sites excluding steroid dienone is 1. The van der Waals surface area contributed by atoms with Gasteiger partial charge in [0.25, 0.3) is 0 Å². The normalized spacial score (nSPS) is 25.7. The topological polar surface area (TPSA) is 49.9 Å². The SMILES string of the molecule is CCOC1=C2c3ccccc3N(C)[C@H]2[C@H]2C(=O)N(c3ccccc3)C(=O)[C@H]2C1. The maximum Gasteiger partial charge on any atom is 0.240 e. The Kier molecular flexibility index (Phi) is 3.79. The standard InChI is InChI=1S/C23H22N2O3/c1-3-28-18-13-16-20(21-19(18)15-11-7-8-12-17(15)24(21)2)23(27)25(22(16)26)14-9-5-4-6-10-14/h4-12,16,20-21H,3,13H2,1-2H3/t16-,20-,21+/m0/s1. The number of fused-ring (bicyclic) bond motifs is 5. The third-order valence-corrected chi connectivity index (χ3v) is 6.14. The molecule has 2 amide bonds. The van der Waals surface area contributed by atoms with Crippen LogP contribution in [0, 0.1) is 11.8 Å². The van der Waals surface area contributed by atoms with Gasteiger partial charge in [-0.3, -0.25) is 9.59 Å². The molecule has 5 heteroatoms. The first-order chi connectivity index (χ1) is 13.6. The van der Waals surface area contributed by atoms with E-state index in [1.54, 1.807) is 0 Å². The Morgan fingerprint density at radius 3 is 2.46 bits per heavy atom. The van der Waals surface area contributed by atoms with Crippen molar-refractivity contribution in [3.8, 4) is 0 Å². The molecule has 1 saturated heterocycles. The number of imide groups is 1. The summed E-state index contributed by atoms with van der Waals surface area (Å²) >= 11 is 0. The van der Waals surface area contributed by atoms with Crippen molar-refractivity contribution in [1.82, 2.24) is 0 Å². The van der Waals surface area contributed by atoms with E-state index >= 15 is 0 Å². The van der Waals surface area contributed by atoms with Crippen LogP contribution in [0.15, 0.2) is 60.4 Å². The number of nitrogens with zero attached hydrogens (tertiary/aromatic N) is 2. The molecule has 2 aromatic carbocycles. The zero-order valence-corrected chi connectivity index (χ0v) is 16.0. The first-order valence-corrected chi connectivity index (χ1v) is 9.74. The molecule has 0 radical (unpaired) electrons. The number of ether oxygens (including phenoxy) is 1. The molecule has 0 saturated carbocycles. The van der Waals surface area contributed by atoms with Crippen molar-refractivity contribution in [1.29, 1.82) is 0 Å². The van der Waals surface area contributed by atoms with Crippen molar-refractivity contribution < 1.29 is 14.3 Å². The summed E-state index contributed by atoms with van der Waals surface area (Å²) in [6.07, 6.45) is 0.473. The zero-order valence-electron chi connectivity index (χ0n) is 16.0. The summed E-state index contributed by atoms with van der Waals surface area (Å²) in [5, 5.41) is 0. The fraction of sp³-hybridized carbons (Fsp3) is 0.304. The number of rotatable bonds is 3. The first kappa shape index (κ1) is 17.0. The summed E-state index contributed by atoms with van der Waals surface area (Å²) in [7, 11) is 2.01. The molecular weight excluding hydrogens is 352 g/mol. The second kappa shape index (κ2) is 6.23. The summed E-state index contributed by atoms with van der Waals surface area (Å²) in [4.78, 5) is 30.3. The number of amides is 2. The lowest BCUT2D eigenvalue weighted by Crippen LogP contribution is -2.44. The minimum absolute atomic E-state index is 0.112. The molecule has 5 rings (SSSR count). The van der Waals surface area contributed by atoms with Crippen molar-refractivity contribution in [3.63, 3.8) is 0 Å². The van der Waals surface area contributed by atoms with Crippen LogP contribution in [0.2, 0.25) is 0 Å². The van der Waals surface area contributed by atoms with Gasteiger partial charge in [-0.1, -0.05) is 36.4 Å². The quantitative estimate of drug-likeness (QED) is 0.772. The van der Waals surface area contributed by atoms with Crippen molar-refractivity contribution in [2.45, 2.75) is 19.4 Å². The summed E-state index contributed by atoms with van der Waals surface area (Å²) in [5.41, 5.74) is 3.90. The van der Waals surface area contributed by atoms with Gasteiger partial charge >= 0.3 is 0 Å². The Balaban J connectivity index is 1.64. The minimum atomic E-state index is -0.399. The molecule has 1 aliphatic carbocycles. The van der Waals surface area contributed by atoms with E-state index < -0.39 is 5.92 Å². The van der Waals surface area contributed by atoms with Crippen LogP contribution in [0.4, 0.5) is 11.4 Å². The van der Waals surface area contributed by atoms with Crippen LogP contribution in [0.3, 0.4) is 0 Å². The van der Waals surface area contributed by atoms with Crippen molar-refractivity contribution >= 4 is 28.8 Å². The Morgan fingerprint density at radius 1 is 1.00 bits per heavy atom. The van der Waals surface area contributed by atoms with Gasteiger partial charge in [0.05, 0.1) is 30.2 Å². The second-order valence-corrected chi connectivity index (χ2v) is 7.53. The summed E-state index contributed by atoms with van der Waals surface area (Å²) in [6.45, 7) is 2.50. The molecule has 0 spiro atoms. The van der Waals surface area contributed by atoms with Crippen molar-refractivity contribution in [2.24, 2.45) is 11.8 Å². The molecule has 1 fully saturated rings. The third kappa shape index (κ3) is 2.19. The Morgan fingerprint density at radius 2 is 1.71 bits per heavy atom. The lowest BCUT2D eigenvalue weighted by molar-refractivity contribution is -0.122. The molecule has 5 nitrogen and oxygen atoms in total. The predicted molar refractivity (Wildman–Crippen MR) is 108 cm³/mol. The highest BCUT2D eigenvalue weighted by Gasteiger charge is 2.58. The average molecular weight is 374 g/mol. The first-order valence-electron chi connectivity index (χ1n) is 9.74. The Hall–Kier alpha value is -3.08. The number of hydrogen-bond donors (Lipinski definition) is 0. The van der Waals surface area contributed by atoms with Crippen LogP contribution in [-0.2, 0) is 14.3 Å².